The Labute approximate surface area is 143 Å². The zero-order chi connectivity index (χ0) is 16.8. The lowest BCUT2D eigenvalue weighted by Gasteiger charge is -2.18. The SMILES string of the molecule is COc1cc(Br)c(CCN(C=O)Cc2ccc(O)cc2)cc1O. The Balaban J connectivity index is 2.01. The van der Waals surface area contributed by atoms with Gasteiger partial charge in [0.05, 0.1) is 7.11 Å². The van der Waals surface area contributed by atoms with Gasteiger partial charge in [-0.2, -0.15) is 0 Å². The van der Waals surface area contributed by atoms with Crippen LogP contribution in [0.25, 0.3) is 0 Å². The molecule has 0 aliphatic heterocycles. The van der Waals surface area contributed by atoms with Crippen LogP contribution in [-0.2, 0) is 17.8 Å². The number of methoxy groups -OCH3 is 1. The van der Waals surface area contributed by atoms with E-state index < -0.39 is 0 Å². The van der Waals surface area contributed by atoms with Crippen LogP contribution >= 0.6 is 15.9 Å². The highest BCUT2D eigenvalue weighted by Gasteiger charge is 2.10. The van der Waals surface area contributed by atoms with E-state index in [-0.39, 0.29) is 11.5 Å². The number of phenolic OH excluding ortho intramolecular Hbond substituents is 2. The minimum absolute atomic E-state index is 0.0712. The highest BCUT2D eigenvalue weighted by Crippen LogP contribution is 2.32. The molecule has 0 unspecified atom stereocenters. The van der Waals surface area contributed by atoms with Crippen molar-refractivity contribution in [3.8, 4) is 17.2 Å². The van der Waals surface area contributed by atoms with E-state index in [1.165, 1.54) is 7.11 Å². The van der Waals surface area contributed by atoms with Crippen molar-refractivity contribution in [1.82, 2.24) is 4.90 Å². The van der Waals surface area contributed by atoms with Gasteiger partial charge < -0.3 is 19.8 Å². The van der Waals surface area contributed by atoms with Gasteiger partial charge in [-0.25, -0.2) is 0 Å². The van der Waals surface area contributed by atoms with E-state index in [0.29, 0.717) is 25.3 Å². The molecule has 2 rings (SSSR count). The fraction of sp³-hybridized carbons (Fsp3) is 0.235. The largest absolute Gasteiger partial charge is 0.508 e. The van der Waals surface area contributed by atoms with Gasteiger partial charge in [-0.15, -0.1) is 0 Å². The van der Waals surface area contributed by atoms with Crippen LogP contribution in [0.2, 0.25) is 0 Å². The number of benzene rings is 2. The van der Waals surface area contributed by atoms with Crippen molar-refractivity contribution in [2.45, 2.75) is 13.0 Å². The first-order valence-corrected chi connectivity index (χ1v) is 7.85. The van der Waals surface area contributed by atoms with E-state index in [2.05, 4.69) is 15.9 Å². The summed E-state index contributed by atoms with van der Waals surface area (Å²) in [6.07, 6.45) is 1.39. The summed E-state index contributed by atoms with van der Waals surface area (Å²) in [6.45, 7) is 0.971. The quantitative estimate of drug-likeness (QED) is 0.725. The maximum absolute atomic E-state index is 11.2. The summed E-state index contributed by atoms with van der Waals surface area (Å²) in [7, 11) is 1.49. The van der Waals surface area contributed by atoms with Crippen molar-refractivity contribution < 1.29 is 19.7 Å². The molecular weight excluding hydrogens is 362 g/mol. The monoisotopic (exact) mass is 379 g/mol. The average Bonchev–Trinajstić information content (AvgIpc) is 2.55. The Kier molecular flexibility index (Phi) is 5.87. The molecule has 0 fully saturated rings. The molecule has 0 spiro atoms. The van der Waals surface area contributed by atoms with Crippen LogP contribution < -0.4 is 4.74 Å². The van der Waals surface area contributed by atoms with Crippen LogP contribution in [0.4, 0.5) is 0 Å². The van der Waals surface area contributed by atoms with Gasteiger partial charge in [0.15, 0.2) is 11.5 Å². The molecule has 0 atom stereocenters. The van der Waals surface area contributed by atoms with Gasteiger partial charge in [-0.05, 0) is 41.8 Å². The van der Waals surface area contributed by atoms with Crippen molar-refractivity contribution >= 4 is 22.3 Å². The van der Waals surface area contributed by atoms with Crippen LogP contribution in [0, 0.1) is 0 Å². The molecular formula is C17H18BrNO4. The lowest BCUT2D eigenvalue weighted by Crippen LogP contribution is -2.24. The van der Waals surface area contributed by atoms with Gasteiger partial charge >= 0.3 is 0 Å². The summed E-state index contributed by atoms with van der Waals surface area (Å²) in [6, 6.07) is 10.1. The van der Waals surface area contributed by atoms with Crippen molar-refractivity contribution in [2.24, 2.45) is 0 Å². The highest BCUT2D eigenvalue weighted by molar-refractivity contribution is 9.10. The minimum Gasteiger partial charge on any atom is -0.508 e. The first kappa shape index (κ1) is 17.1. The van der Waals surface area contributed by atoms with Gasteiger partial charge in [-0.1, -0.05) is 28.1 Å². The van der Waals surface area contributed by atoms with Crippen LogP contribution in [0.15, 0.2) is 40.9 Å². The molecule has 5 nitrogen and oxygen atoms in total. The van der Waals surface area contributed by atoms with Crippen molar-refractivity contribution in [3.05, 3.63) is 52.0 Å². The van der Waals surface area contributed by atoms with E-state index in [1.807, 2.05) is 0 Å². The summed E-state index contributed by atoms with van der Waals surface area (Å²) in [5.41, 5.74) is 1.83. The predicted molar refractivity (Wildman–Crippen MR) is 90.6 cm³/mol. The molecule has 0 saturated carbocycles. The Morgan fingerprint density at radius 1 is 1.22 bits per heavy atom. The number of halogens is 1. The first-order valence-electron chi connectivity index (χ1n) is 7.06. The number of ether oxygens (including phenoxy) is 1. The normalized spacial score (nSPS) is 10.3. The third-order valence-electron chi connectivity index (χ3n) is 3.49. The molecule has 2 aromatic rings. The molecule has 2 aromatic carbocycles. The smallest absolute Gasteiger partial charge is 0.210 e. The molecule has 23 heavy (non-hydrogen) atoms. The second kappa shape index (κ2) is 7.87. The zero-order valence-electron chi connectivity index (χ0n) is 12.7. The number of hydrogen-bond donors (Lipinski definition) is 2. The van der Waals surface area contributed by atoms with E-state index in [4.69, 9.17) is 4.74 Å². The first-order chi connectivity index (χ1) is 11.0. The molecule has 0 saturated heterocycles. The number of nitrogens with zero attached hydrogens (tertiary/aromatic N) is 1. The average molecular weight is 380 g/mol. The van der Waals surface area contributed by atoms with Crippen LogP contribution in [0.3, 0.4) is 0 Å². The van der Waals surface area contributed by atoms with Gasteiger partial charge in [-0.3, -0.25) is 4.79 Å². The number of aromatic hydroxyl groups is 2. The maximum atomic E-state index is 11.2. The summed E-state index contributed by atoms with van der Waals surface area (Å²) < 4.78 is 5.87. The van der Waals surface area contributed by atoms with Gasteiger partial charge in [0.1, 0.15) is 5.75 Å². The number of rotatable bonds is 7. The summed E-state index contributed by atoms with van der Waals surface area (Å²) in [5, 5.41) is 19.1. The number of phenols is 2. The van der Waals surface area contributed by atoms with E-state index in [1.54, 1.807) is 41.3 Å². The second-order valence-corrected chi connectivity index (χ2v) is 5.96. The number of carbonyl (C=O) groups excluding carboxylic acids is 1. The summed E-state index contributed by atoms with van der Waals surface area (Å²) >= 11 is 3.44. The molecule has 122 valence electrons. The second-order valence-electron chi connectivity index (χ2n) is 5.11. The Morgan fingerprint density at radius 3 is 2.52 bits per heavy atom. The number of hydrogen-bond acceptors (Lipinski definition) is 4. The molecule has 0 aliphatic carbocycles. The zero-order valence-corrected chi connectivity index (χ0v) is 14.3. The van der Waals surface area contributed by atoms with E-state index >= 15 is 0 Å². The van der Waals surface area contributed by atoms with E-state index in [0.717, 1.165) is 22.0 Å². The maximum Gasteiger partial charge on any atom is 0.210 e. The highest BCUT2D eigenvalue weighted by atomic mass is 79.9. The Hall–Kier alpha value is -2.21. The number of amides is 1. The Bertz CT molecular complexity index is 673. The Morgan fingerprint density at radius 2 is 1.91 bits per heavy atom. The van der Waals surface area contributed by atoms with Crippen molar-refractivity contribution in [3.63, 3.8) is 0 Å². The third kappa shape index (κ3) is 4.63. The van der Waals surface area contributed by atoms with E-state index in [9.17, 15) is 15.0 Å². The molecule has 0 aliphatic rings. The fourth-order valence-electron chi connectivity index (χ4n) is 2.21. The third-order valence-corrected chi connectivity index (χ3v) is 4.23. The molecule has 0 bridgehead atoms. The molecule has 1 amide bonds. The molecule has 0 radical (unpaired) electrons. The van der Waals surface area contributed by atoms with Gasteiger partial charge in [0, 0.05) is 17.6 Å². The lowest BCUT2D eigenvalue weighted by molar-refractivity contribution is -0.118. The summed E-state index contributed by atoms with van der Waals surface area (Å²) in [4.78, 5) is 12.9. The van der Waals surface area contributed by atoms with Crippen molar-refractivity contribution in [1.29, 1.82) is 0 Å². The van der Waals surface area contributed by atoms with Crippen LogP contribution in [-0.4, -0.2) is 35.2 Å². The van der Waals surface area contributed by atoms with Crippen molar-refractivity contribution in [2.75, 3.05) is 13.7 Å². The number of carbonyl (C=O) groups is 1. The fourth-order valence-corrected chi connectivity index (χ4v) is 2.73. The standard InChI is InChI=1S/C17H18BrNO4/c1-23-17-9-15(18)13(8-16(17)22)6-7-19(11-20)10-12-2-4-14(21)5-3-12/h2-5,8-9,11,21-22H,6-7,10H2,1H3. The molecule has 2 N–H and O–H groups in total. The van der Waals surface area contributed by atoms with Crippen LogP contribution in [0.5, 0.6) is 17.2 Å². The predicted octanol–water partition coefficient (Wildman–Crippen LogP) is 3.07. The molecule has 0 heterocycles. The van der Waals surface area contributed by atoms with Crippen LogP contribution in [0.1, 0.15) is 11.1 Å². The lowest BCUT2D eigenvalue weighted by atomic mass is 10.1. The molecule has 6 heteroatoms. The summed E-state index contributed by atoms with van der Waals surface area (Å²) in [5.74, 6) is 0.669. The minimum atomic E-state index is 0.0712. The molecule has 0 aromatic heterocycles. The van der Waals surface area contributed by atoms with Gasteiger partial charge in [0.25, 0.3) is 0 Å². The van der Waals surface area contributed by atoms with Gasteiger partial charge in [0.2, 0.25) is 6.41 Å². The topological polar surface area (TPSA) is 70.0 Å².